The summed E-state index contributed by atoms with van der Waals surface area (Å²) in [6, 6.07) is 23.8. The number of hydrogen-bond acceptors (Lipinski definition) is 6. The van der Waals surface area contributed by atoms with Crippen LogP contribution in [-0.4, -0.2) is 33.7 Å². The lowest BCUT2D eigenvalue weighted by molar-refractivity contribution is -0.119. The number of carbonyl (C=O) groups excluding carboxylic acids is 1. The summed E-state index contributed by atoms with van der Waals surface area (Å²) in [6.45, 7) is 1.44. The van der Waals surface area contributed by atoms with Gasteiger partial charge in [0, 0.05) is 0 Å². The van der Waals surface area contributed by atoms with E-state index < -0.39 is 22.5 Å². The van der Waals surface area contributed by atoms with E-state index in [4.69, 9.17) is 10.00 Å². The molecule has 0 saturated heterocycles. The first-order valence-corrected chi connectivity index (χ1v) is 12.0. The van der Waals surface area contributed by atoms with Crippen LogP contribution in [0.1, 0.15) is 18.1 Å². The highest BCUT2D eigenvalue weighted by atomic mass is 32.2. The first kappa shape index (κ1) is 24.5. The topological polar surface area (TPSA) is 112 Å². The highest BCUT2D eigenvalue weighted by molar-refractivity contribution is 7.92. The summed E-state index contributed by atoms with van der Waals surface area (Å²) in [5.41, 5.74) is 4.33. The predicted molar refractivity (Wildman–Crippen MR) is 130 cm³/mol. The van der Waals surface area contributed by atoms with Crippen molar-refractivity contribution < 1.29 is 17.9 Å². The third-order valence-corrected chi connectivity index (χ3v) is 6.62. The summed E-state index contributed by atoms with van der Waals surface area (Å²) in [4.78, 5) is 12.8. The van der Waals surface area contributed by atoms with E-state index >= 15 is 0 Å². The van der Waals surface area contributed by atoms with Crippen molar-refractivity contribution in [1.29, 1.82) is 5.26 Å². The Morgan fingerprint density at radius 2 is 1.74 bits per heavy atom. The van der Waals surface area contributed by atoms with Crippen LogP contribution in [-0.2, 0) is 21.2 Å². The Morgan fingerprint density at radius 1 is 1.06 bits per heavy atom. The normalized spacial score (nSPS) is 11.1. The largest absolute Gasteiger partial charge is 0.479 e. The number of hydrazone groups is 1. The minimum atomic E-state index is -3.99. The molecule has 0 fully saturated rings. The molecule has 0 spiro atoms. The second-order valence-corrected chi connectivity index (χ2v) is 8.98. The van der Waals surface area contributed by atoms with E-state index in [1.54, 1.807) is 54.6 Å². The van der Waals surface area contributed by atoms with Gasteiger partial charge in [0.05, 0.1) is 16.8 Å². The molecule has 3 rings (SSSR count). The predicted octanol–water partition coefficient (Wildman–Crippen LogP) is 3.50. The monoisotopic (exact) mass is 476 g/mol. The summed E-state index contributed by atoms with van der Waals surface area (Å²) in [7, 11) is -3.99. The number of sulfonamides is 1. The fourth-order valence-electron chi connectivity index (χ4n) is 3.18. The lowest BCUT2D eigenvalue weighted by Gasteiger charge is -2.25. The number of amides is 1. The SMILES string of the molecule is CCc1ccccc1N(CC(=O)N/N=C\c1ccc(OCC#N)cc1)S(=O)(=O)c1ccccc1. The van der Waals surface area contributed by atoms with Crippen molar-refractivity contribution in [3.05, 3.63) is 90.0 Å². The van der Waals surface area contributed by atoms with Crippen LogP contribution in [0.15, 0.2) is 88.9 Å². The third kappa shape index (κ3) is 6.21. The van der Waals surface area contributed by atoms with Gasteiger partial charge < -0.3 is 4.74 Å². The number of anilines is 1. The molecule has 0 unspecified atom stereocenters. The van der Waals surface area contributed by atoms with E-state index in [0.717, 1.165) is 9.87 Å². The van der Waals surface area contributed by atoms with Crippen LogP contribution in [0.4, 0.5) is 5.69 Å². The quantitative estimate of drug-likeness (QED) is 0.356. The molecule has 0 aliphatic heterocycles. The van der Waals surface area contributed by atoms with Crippen LogP contribution in [0.5, 0.6) is 5.75 Å². The van der Waals surface area contributed by atoms with Gasteiger partial charge in [0.15, 0.2) is 6.61 Å². The second-order valence-electron chi connectivity index (χ2n) is 7.12. The fourth-order valence-corrected chi connectivity index (χ4v) is 4.66. The zero-order valence-corrected chi connectivity index (χ0v) is 19.4. The van der Waals surface area contributed by atoms with Crippen molar-refractivity contribution in [2.45, 2.75) is 18.2 Å². The van der Waals surface area contributed by atoms with Crippen LogP contribution in [0.3, 0.4) is 0 Å². The van der Waals surface area contributed by atoms with E-state index in [2.05, 4.69) is 10.5 Å². The van der Waals surface area contributed by atoms with Crippen LogP contribution < -0.4 is 14.5 Å². The Balaban J connectivity index is 1.78. The summed E-state index contributed by atoms with van der Waals surface area (Å²) in [5.74, 6) is -0.0466. The maximum atomic E-state index is 13.4. The molecule has 34 heavy (non-hydrogen) atoms. The van der Waals surface area contributed by atoms with Crippen molar-refractivity contribution >= 4 is 27.8 Å². The molecule has 0 aliphatic rings. The summed E-state index contributed by atoms with van der Waals surface area (Å²) >= 11 is 0. The molecule has 3 aromatic rings. The number of nitrogens with one attached hydrogen (secondary N) is 1. The van der Waals surface area contributed by atoms with Crippen molar-refractivity contribution in [3.63, 3.8) is 0 Å². The maximum Gasteiger partial charge on any atom is 0.264 e. The van der Waals surface area contributed by atoms with E-state index in [9.17, 15) is 13.2 Å². The van der Waals surface area contributed by atoms with E-state index in [1.165, 1.54) is 18.3 Å². The number of carbonyl (C=O) groups is 1. The number of ether oxygens (including phenoxy) is 1. The molecule has 0 heterocycles. The summed E-state index contributed by atoms with van der Waals surface area (Å²) in [5, 5.41) is 12.5. The maximum absolute atomic E-state index is 13.4. The lowest BCUT2D eigenvalue weighted by Crippen LogP contribution is -2.40. The zero-order chi connectivity index (χ0) is 24.4. The Bertz CT molecular complexity index is 1280. The van der Waals surface area contributed by atoms with Gasteiger partial charge in [-0.05, 0) is 60.0 Å². The number of rotatable bonds is 10. The molecule has 1 amide bonds. The highest BCUT2D eigenvalue weighted by Gasteiger charge is 2.28. The fraction of sp³-hybridized carbons (Fsp3) is 0.160. The summed E-state index contributed by atoms with van der Waals surface area (Å²) < 4.78 is 33.1. The van der Waals surface area contributed by atoms with Gasteiger partial charge in [-0.1, -0.05) is 43.3 Å². The zero-order valence-electron chi connectivity index (χ0n) is 18.6. The minimum Gasteiger partial charge on any atom is -0.479 e. The van der Waals surface area contributed by atoms with E-state index in [-0.39, 0.29) is 11.5 Å². The number of aryl methyl sites for hydroxylation is 1. The number of nitriles is 1. The molecule has 174 valence electrons. The van der Waals surface area contributed by atoms with Gasteiger partial charge in [0.1, 0.15) is 18.4 Å². The number of benzene rings is 3. The third-order valence-electron chi connectivity index (χ3n) is 4.85. The second kappa shape index (κ2) is 11.6. The molecule has 0 atom stereocenters. The number of hydrogen-bond donors (Lipinski definition) is 1. The van der Waals surface area contributed by atoms with Crippen molar-refractivity contribution in [2.75, 3.05) is 17.5 Å². The molecule has 3 aromatic carbocycles. The Morgan fingerprint density at radius 3 is 2.41 bits per heavy atom. The molecule has 0 bridgehead atoms. The van der Waals surface area contributed by atoms with Gasteiger partial charge in [-0.15, -0.1) is 0 Å². The Hall–Kier alpha value is -4.16. The average molecular weight is 477 g/mol. The van der Waals surface area contributed by atoms with Crippen LogP contribution in [0.25, 0.3) is 0 Å². The van der Waals surface area contributed by atoms with Gasteiger partial charge in [-0.25, -0.2) is 13.8 Å². The minimum absolute atomic E-state index is 0.0486. The smallest absolute Gasteiger partial charge is 0.264 e. The van der Waals surface area contributed by atoms with Gasteiger partial charge in [-0.2, -0.15) is 10.4 Å². The van der Waals surface area contributed by atoms with Crippen LogP contribution >= 0.6 is 0 Å². The molecule has 9 heteroatoms. The highest BCUT2D eigenvalue weighted by Crippen LogP contribution is 2.27. The molecule has 0 aromatic heterocycles. The molecule has 1 N–H and O–H groups in total. The van der Waals surface area contributed by atoms with Gasteiger partial charge in [0.25, 0.3) is 15.9 Å². The Kier molecular flexibility index (Phi) is 8.37. The Labute approximate surface area is 199 Å². The number of nitrogens with zero attached hydrogens (tertiary/aromatic N) is 3. The summed E-state index contributed by atoms with van der Waals surface area (Å²) in [6.07, 6.45) is 2.03. The first-order chi connectivity index (χ1) is 16.5. The molecule has 0 aliphatic carbocycles. The van der Waals surface area contributed by atoms with Gasteiger partial charge in [0.2, 0.25) is 0 Å². The van der Waals surface area contributed by atoms with E-state index in [1.807, 2.05) is 25.1 Å². The van der Waals surface area contributed by atoms with Crippen molar-refractivity contribution in [1.82, 2.24) is 5.43 Å². The molecule has 0 saturated carbocycles. The van der Waals surface area contributed by atoms with Crippen molar-refractivity contribution in [3.8, 4) is 11.8 Å². The van der Waals surface area contributed by atoms with Gasteiger partial charge in [-0.3, -0.25) is 9.10 Å². The van der Waals surface area contributed by atoms with Crippen molar-refractivity contribution in [2.24, 2.45) is 5.10 Å². The van der Waals surface area contributed by atoms with Crippen LogP contribution in [0.2, 0.25) is 0 Å². The molecule has 8 nitrogen and oxygen atoms in total. The standard InChI is InChI=1S/C25H24N4O4S/c1-2-21-8-6-7-11-24(21)29(34(31,32)23-9-4-3-5-10-23)19-25(30)28-27-18-20-12-14-22(15-13-20)33-17-16-26/h3-15,18H,2,17,19H2,1H3,(H,28,30)/b27-18-. The van der Waals surface area contributed by atoms with Crippen LogP contribution in [0, 0.1) is 11.3 Å². The van der Waals surface area contributed by atoms with E-state index in [0.29, 0.717) is 23.4 Å². The number of para-hydroxylation sites is 1. The lowest BCUT2D eigenvalue weighted by atomic mass is 10.1. The molecular formula is C25H24N4O4S. The van der Waals surface area contributed by atoms with Gasteiger partial charge >= 0.3 is 0 Å². The average Bonchev–Trinajstić information content (AvgIpc) is 2.87. The first-order valence-electron chi connectivity index (χ1n) is 10.5. The molecular weight excluding hydrogens is 452 g/mol. The molecule has 0 radical (unpaired) electrons.